The van der Waals surface area contributed by atoms with Crippen LogP contribution in [0.5, 0.6) is 0 Å². The number of imidazole rings is 1. The average molecular weight is 492 g/mol. The maximum Gasteiger partial charge on any atom is 0.321 e. The number of nitrogens with zero attached hydrogens (tertiary/aromatic N) is 5. The van der Waals surface area contributed by atoms with Crippen LogP contribution in [0.15, 0.2) is 85.3 Å². The second-order valence-electron chi connectivity index (χ2n) is 9.47. The summed E-state index contributed by atoms with van der Waals surface area (Å²) in [6, 6.07) is 24.0. The Morgan fingerprint density at radius 3 is 2.81 bits per heavy atom. The summed E-state index contributed by atoms with van der Waals surface area (Å²) in [7, 11) is 0. The lowest BCUT2D eigenvalue weighted by atomic mass is 9.95. The van der Waals surface area contributed by atoms with Crippen LogP contribution in [-0.4, -0.2) is 50.1 Å². The number of fused-ring (bicyclic) bond motifs is 2. The molecule has 186 valence electrons. The van der Waals surface area contributed by atoms with Crippen molar-refractivity contribution in [2.45, 2.75) is 19.3 Å². The van der Waals surface area contributed by atoms with Gasteiger partial charge in [-0.2, -0.15) is 4.98 Å². The Balaban J connectivity index is 1.05. The van der Waals surface area contributed by atoms with Crippen molar-refractivity contribution in [3.05, 3.63) is 85.3 Å². The van der Waals surface area contributed by atoms with Crippen molar-refractivity contribution in [3.8, 4) is 5.82 Å². The summed E-state index contributed by atoms with van der Waals surface area (Å²) in [5.41, 5.74) is 2.80. The van der Waals surface area contributed by atoms with Crippen LogP contribution in [0.3, 0.4) is 0 Å². The van der Waals surface area contributed by atoms with Crippen LogP contribution in [0.25, 0.3) is 27.6 Å². The van der Waals surface area contributed by atoms with Gasteiger partial charge in [0.05, 0.1) is 16.7 Å². The fourth-order valence-corrected chi connectivity index (χ4v) is 5.11. The minimum absolute atomic E-state index is 0.0300. The molecule has 8 heteroatoms. The summed E-state index contributed by atoms with van der Waals surface area (Å²) >= 11 is 0. The number of nitrogens with one attached hydrogen (secondary N) is 2. The third-order valence-corrected chi connectivity index (χ3v) is 7.01. The number of piperidine rings is 1. The van der Waals surface area contributed by atoms with Gasteiger partial charge in [-0.3, -0.25) is 4.57 Å². The fourth-order valence-electron chi connectivity index (χ4n) is 5.11. The Labute approximate surface area is 215 Å². The minimum atomic E-state index is -0.0300. The number of rotatable bonds is 6. The lowest BCUT2D eigenvalue weighted by Gasteiger charge is -2.33. The van der Waals surface area contributed by atoms with Crippen LogP contribution in [-0.2, 0) is 0 Å². The zero-order valence-corrected chi connectivity index (χ0v) is 20.5. The first-order valence-electron chi connectivity index (χ1n) is 12.8. The number of hydrogen-bond donors (Lipinski definition) is 2. The molecule has 1 saturated heterocycles. The normalized spacial score (nSPS) is 15.7. The van der Waals surface area contributed by atoms with E-state index in [9.17, 15) is 4.79 Å². The topological polar surface area (TPSA) is 88.0 Å². The van der Waals surface area contributed by atoms with Gasteiger partial charge in [0.1, 0.15) is 12.1 Å². The summed E-state index contributed by atoms with van der Waals surface area (Å²) in [6.45, 7) is 2.28. The highest BCUT2D eigenvalue weighted by atomic mass is 16.2. The van der Waals surface area contributed by atoms with E-state index in [4.69, 9.17) is 0 Å². The highest BCUT2D eigenvalue weighted by molar-refractivity contribution is 6.01. The first-order valence-corrected chi connectivity index (χ1v) is 12.8. The summed E-state index contributed by atoms with van der Waals surface area (Å²) in [5.74, 6) is 1.80. The standard InChI is InChI=1S/C29H29N7O/c37-29(33-24-12-5-9-22-8-1-2-10-23(22)24)35-18-6-7-21(19-35)14-16-30-28-31-17-15-27(34-28)36-20-32-25-11-3-4-13-26(25)36/h1-5,8-13,15,17,20-21H,6-7,14,16,18-19H2,(H,33,37)(H,30,31,34). The van der Waals surface area contributed by atoms with E-state index in [0.717, 1.165) is 72.2 Å². The van der Waals surface area contributed by atoms with Crippen LogP contribution < -0.4 is 10.6 Å². The monoisotopic (exact) mass is 491 g/mol. The van der Waals surface area contributed by atoms with Gasteiger partial charge in [-0.05, 0) is 54.8 Å². The van der Waals surface area contributed by atoms with E-state index >= 15 is 0 Å². The van der Waals surface area contributed by atoms with Gasteiger partial charge in [-0.25, -0.2) is 14.8 Å². The molecule has 5 aromatic rings. The molecule has 0 spiro atoms. The SMILES string of the molecule is O=C(Nc1cccc2ccccc12)N1CCCC(CCNc2nccc(-n3cnc4ccccc43)n2)C1. The molecule has 6 rings (SSSR count). The van der Waals surface area contributed by atoms with Gasteiger partial charge in [0.25, 0.3) is 0 Å². The maximum atomic E-state index is 13.1. The first kappa shape index (κ1) is 23.0. The van der Waals surface area contributed by atoms with Gasteiger partial charge in [-0.1, -0.05) is 48.5 Å². The second-order valence-corrected chi connectivity index (χ2v) is 9.47. The van der Waals surface area contributed by atoms with Gasteiger partial charge >= 0.3 is 6.03 Å². The quantitative estimate of drug-likeness (QED) is 0.317. The lowest BCUT2D eigenvalue weighted by molar-refractivity contribution is 0.175. The van der Waals surface area contributed by atoms with Gasteiger partial charge in [0.15, 0.2) is 0 Å². The van der Waals surface area contributed by atoms with Crippen molar-refractivity contribution in [1.29, 1.82) is 0 Å². The van der Waals surface area contributed by atoms with E-state index in [1.165, 1.54) is 0 Å². The van der Waals surface area contributed by atoms with Crippen LogP contribution in [0.4, 0.5) is 16.4 Å². The number of benzene rings is 3. The van der Waals surface area contributed by atoms with E-state index in [1.807, 2.05) is 70.1 Å². The van der Waals surface area contributed by atoms with E-state index in [-0.39, 0.29) is 6.03 Å². The van der Waals surface area contributed by atoms with Crippen molar-refractivity contribution in [2.75, 3.05) is 30.3 Å². The molecule has 2 N–H and O–H groups in total. The molecule has 1 fully saturated rings. The summed E-state index contributed by atoms with van der Waals surface area (Å²) < 4.78 is 1.97. The number of hydrogen-bond acceptors (Lipinski definition) is 5. The maximum absolute atomic E-state index is 13.1. The zero-order chi connectivity index (χ0) is 25.0. The Kier molecular flexibility index (Phi) is 6.37. The number of para-hydroxylation sites is 2. The van der Waals surface area contributed by atoms with E-state index in [1.54, 1.807) is 12.5 Å². The fraction of sp³-hybridized carbons (Fsp3) is 0.241. The molecule has 3 aromatic carbocycles. The Bertz CT molecular complexity index is 1540. The predicted octanol–water partition coefficient (Wildman–Crippen LogP) is 5.71. The molecule has 2 aromatic heterocycles. The molecule has 1 aliphatic heterocycles. The largest absolute Gasteiger partial charge is 0.354 e. The van der Waals surface area contributed by atoms with Crippen LogP contribution in [0.2, 0.25) is 0 Å². The van der Waals surface area contributed by atoms with E-state index in [2.05, 4.69) is 37.7 Å². The Hall–Kier alpha value is -4.46. The molecule has 3 heterocycles. The predicted molar refractivity (Wildman–Crippen MR) is 147 cm³/mol. The molecule has 8 nitrogen and oxygen atoms in total. The average Bonchev–Trinajstić information content (AvgIpc) is 3.38. The number of aromatic nitrogens is 4. The zero-order valence-electron chi connectivity index (χ0n) is 20.5. The molecule has 2 amide bonds. The first-order chi connectivity index (χ1) is 18.2. The molecule has 1 unspecified atom stereocenters. The second kappa shape index (κ2) is 10.3. The number of likely N-dealkylation sites (tertiary alicyclic amines) is 1. The number of urea groups is 1. The lowest BCUT2D eigenvalue weighted by Crippen LogP contribution is -2.42. The highest BCUT2D eigenvalue weighted by Crippen LogP contribution is 2.25. The van der Waals surface area contributed by atoms with Gasteiger partial charge in [0, 0.05) is 31.2 Å². The van der Waals surface area contributed by atoms with Crippen LogP contribution >= 0.6 is 0 Å². The third kappa shape index (κ3) is 4.95. The molecule has 1 atom stereocenters. The summed E-state index contributed by atoms with van der Waals surface area (Å²) in [4.78, 5) is 28.5. The molecule has 37 heavy (non-hydrogen) atoms. The van der Waals surface area contributed by atoms with Crippen molar-refractivity contribution >= 4 is 39.5 Å². The third-order valence-electron chi connectivity index (χ3n) is 7.01. The number of carbonyl (C=O) groups is 1. The van der Waals surface area contributed by atoms with Gasteiger partial charge in [0.2, 0.25) is 5.95 Å². The van der Waals surface area contributed by atoms with Crippen molar-refractivity contribution in [3.63, 3.8) is 0 Å². The number of amides is 2. The molecule has 0 radical (unpaired) electrons. The van der Waals surface area contributed by atoms with Crippen molar-refractivity contribution in [2.24, 2.45) is 5.92 Å². The molecular formula is C29H29N7O. The van der Waals surface area contributed by atoms with Crippen molar-refractivity contribution < 1.29 is 4.79 Å². The molecule has 0 saturated carbocycles. The summed E-state index contributed by atoms with van der Waals surface area (Å²) in [5, 5.41) is 8.68. The molecule has 1 aliphatic rings. The van der Waals surface area contributed by atoms with Crippen molar-refractivity contribution in [1.82, 2.24) is 24.4 Å². The molecular weight excluding hydrogens is 462 g/mol. The highest BCUT2D eigenvalue weighted by Gasteiger charge is 2.24. The van der Waals surface area contributed by atoms with Gasteiger partial charge in [-0.15, -0.1) is 0 Å². The van der Waals surface area contributed by atoms with E-state index in [0.29, 0.717) is 11.9 Å². The Morgan fingerprint density at radius 2 is 1.84 bits per heavy atom. The van der Waals surface area contributed by atoms with Gasteiger partial charge < -0.3 is 15.5 Å². The van der Waals surface area contributed by atoms with Crippen LogP contribution in [0, 0.1) is 5.92 Å². The number of anilines is 2. The Morgan fingerprint density at radius 1 is 0.973 bits per heavy atom. The smallest absolute Gasteiger partial charge is 0.321 e. The molecule has 0 aliphatic carbocycles. The number of carbonyl (C=O) groups excluding carboxylic acids is 1. The van der Waals surface area contributed by atoms with Crippen LogP contribution in [0.1, 0.15) is 19.3 Å². The minimum Gasteiger partial charge on any atom is -0.354 e. The molecule has 0 bridgehead atoms. The van der Waals surface area contributed by atoms with E-state index < -0.39 is 0 Å². The summed E-state index contributed by atoms with van der Waals surface area (Å²) in [6.07, 6.45) is 6.62.